The number of hydrogen-bond acceptors (Lipinski definition) is 2. The molecule has 0 atom stereocenters. The Kier molecular flexibility index (Phi) is 1.83. The highest BCUT2D eigenvalue weighted by Crippen LogP contribution is 2.54. The third-order valence-electron chi connectivity index (χ3n) is 4.59. The van der Waals surface area contributed by atoms with Crippen LogP contribution in [0.3, 0.4) is 0 Å². The average molecular weight is 256 g/mol. The molecule has 3 aliphatic carbocycles. The van der Waals surface area contributed by atoms with E-state index in [4.69, 9.17) is 0 Å². The van der Waals surface area contributed by atoms with Crippen LogP contribution in [0, 0.1) is 0 Å². The van der Waals surface area contributed by atoms with Crippen LogP contribution < -0.4 is 0 Å². The van der Waals surface area contributed by atoms with E-state index in [1.54, 1.807) is 6.33 Å². The first-order chi connectivity index (χ1) is 9.95. The Hall–Kier alpha value is -2.48. The van der Waals surface area contributed by atoms with Gasteiger partial charge in [0.25, 0.3) is 0 Å². The number of rotatable bonds is 0. The number of aromatic nitrogens is 2. The Morgan fingerprint density at radius 2 is 1.20 bits per heavy atom. The molecule has 2 heteroatoms. The Balaban J connectivity index is 1.93. The van der Waals surface area contributed by atoms with Crippen LogP contribution in [0.4, 0.5) is 0 Å². The lowest BCUT2D eigenvalue weighted by atomic mass is 9.63. The lowest BCUT2D eigenvalue weighted by Gasteiger charge is -2.40. The summed E-state index contributed by atoms with van der Waals surface area (Å²) < 4.78 is 0. The molecule has 0 N–H and O–H groups in total. The molecule has 0 aliphatic heterocycles. The van der Waals surface area contributed by atoms with Crippen LogP contribution in [0.1, 0.15) is 45.3 Å². The Morgan fingerprint density at radius 1 is 0.650 bits per heavy atom. The van der Waals surface area contributed by atoms with Gasteiger partial charge in [0.2, 0.25) is 0 Å². The van der Waals surface area contributed by atoms with Gasteiger partial charge < -0.3 is 0 Å². The van der Waals surface area contributed by atoms with Gasteiger partial charge >= 0.3 is 0 Å². The van der Waals surface area contributed by atoms with Crippen LogP contribution in [0.2, 0.25) is 0 Å². The molecule has 1 aromatic heterocycles. The van der Waals surface area contributed by atoms with E-state index >= 15 is 0 Å². The normalized spacial score (nSPS) is 21.0. The highest BCUT2D eigenvalue weighted by atomic mass is 14.8. The summed E-state index contributed by atoms with van der Waals surface area (Å²) in [4.78, 5) is 8.84. The van der Waals surface area contributed by atoms with Crippen molar-refractivity contribution in [3.8, 4) is 0 Å². The summed E-state index contributed by atoms with van der Waals surface area (Å²) in [5, 5.41) is 0. The van der Waals surface area contributed by atoms with Crippen molar-refractivity contribution < 1.29 is 0 Å². The average Bonchev–Trinajstić information content (AvgIpc) is 2.54. The van der Waals surface area contributed by atoms with Gasteiger partial charge in [0, 0.05) is 17.7 Å². The molecular weight excluding hydrogens is 244 g/mol. The van der Waals surface area contributed by atoms with E-state index in [0.29, 0.717) is 5.92 Å². The van der Waals surface area contributed by atoms with Crippen LogP contribution in [0.25, 0.3) is 0 Å². The molecule has 0 radical (unpaired) electrons. The molecule has 0 unspecified atom stereocenters. The number of benzene rings is 2. The molecule has 0 saturated heterocycles. The van der Waals surface area contributed by atoms with Gasteiger partial charge in [0.15, 0.2) is 0 Å². The predicted molar refractivity (Wildman–Crippen MR) is 76.8 cm³/mol. The van der Waals surface area contributed by atoms with Gasteiger partial charge in [-0.05, 0) is 22.3 Å². The van der Waals surface area contributed by atoms with Crippen LogP contribution in [-0.2, 0) is 0 Å². The monoisotopic (exact) mass is 256 g/mol. The van der Waals surface area contributed by atoms with Crippen LogP contribution in [0.5, 0.6) is 0 Å². The second-order valence-electron chi connectivity index (χ2n) is 5.49. The van der Waals surface area contributed by atoms with Crippen molar-refractivity contribution in [2.45, 2.75) is 11.8 Å². The van der Waals surface area contributed by atoms with E-state index in [1.807, 2.05) is 6.20 Å². The number of hydrogen-bond donors (Lipinski definition) is 0. The molecule has 94 valence electrons. The maximum Gasteiger partial charge on any atom is 0.115 e. The van der Waals surface area contributed by atoms with E-state index in [-0.39, 0.29) is 5.92 Å². The van der Waals surface area contributed by atoms with E-state index in [0.717, 1.165) is 0 Å². The quantitative estimate of drug-likeness (QED) is 0.424. The van der Waals surface area contributed by atoms with Gasteiger partial charge in [0.05, 0.1) is 11.6 Å². The third kappa shape index (κ3) is 1.10. The molecular formula is C18H12N2. The highest BCUT2D eigenvalue weighted by Gasteiger charge is 2.41. The Bertz CT molecular complexity index is 656. The SMILES string of the molecule is c1ccc2c(c1)C1c3ccccc3C2c2ncncc21. The zero-order valence-electron chi connectivity index (χ0n) is 10.8. The zero-order chi connectivity index (χ0) is 13.1. The van der Waals surface area contributed by atoms with Crippen LogP contribution in [0.15, 0.2) is 61.1 Å². The Labute approximate surface area is 117 Å². The fraction of sp³-hybridized carbons (Fsp3) is 0.111. The lowest BCUT2D eigenvalue weighted by molar-refractivity contribution is 0.718. The third-order valence-corrected chi connectivity index (χ3v) is 4.59. The summed E-state index contributed by atoms with van der Waals surface area (Å²) in [5.74, 6) is 0.564. The van der Waals surface area contributed by atoms with E-state index < -0.39 is 0 Å². The van der Waals surface area contributed by atoms with Gasteiger partial charge in [-0.25, -0.2) is 9.97 Å². The molecule has 1 heterocycles. The van der Waals surface area contributed by atoms with Crippen LogP contribution in [-0.4, -0.2) is 9.97 Å². The first-order valence-electron chi connectivity index (χ1n) is 6.92. The van der Waals surface area contributed by atoms with E-state index in [9.17, 15) is 0 Å². The molecule has 0 saturated carbocycles. The molecule has 6 rings (SSSR count). The summed E-state index contributed by atoms with van der Waals surface area (Å²) >= 11 is 0. The largest absolute Gasteiger partial charge is 0.244 e. The fourth-order valence-electron chi connectivity index (χ4n) is 3.85. The maximum atomic E-state index is 4.59. The maximum absolute atomic E-state index is 4.59. The minimum absolute atomic E-state index is 0.269. The minimum Gasteiger partial charge on any atom is -0.244 e. The van der Waals surface area contributed by atoms with Crippen molar-refractivity contribution in [3.05, 3.63) is 94.6 Å². The molecule has 20 heavy (non-hydrogen) atoms. The molecule has 3 aliphatic rings. The lowest BCUT2D eigenvalue weighted by Crippen LogP contribution is -2.28. The molecule has 2 nitrogen and oxygen atoms in total. The topological polar surface area (TPSA) is 25.8 Å². The van der Waals surface area contributed by atoms with Crippen molar-refractivity contribution in [2.75, 3.05) is 0 Å². The zero-order valence-corrected chi connectivity index (χ0v) is 10.8. The molecule has 0 spiro atoms. The molecule has 2 aromatic carbocycles. The van der Waals surface area contributed by atoms with Crippen molar-refractivity contribution >= 4 is 0 Å². The summed E-state index contributed by atoms with van der Waals surface area (Å²) in [6.45, 7) is 0. The molecule has 0 fully saturated rings. The molecule has 0 amide bonds. The van der Waals surface area contributed by atoms with E-state index in [1.165, 1.54) is 33.5 Å². The van der Waals surface area contributed by atoms with Gasteiger partial charge in [-0.3, -0.25) is 0 Å². The molecule has 3 aromatic rings. The van der Waals surface area contributed by atoms with Gasteiger partial charge in [-0.2, -0.15) is 0 Å². The van der Waals surface area contributed by atoms with Crippen LogP contribution >= 0.6 is 0 Å². The van der Waals surface area contributed by atoms with Crippen molar-refractivity contribution in [3.63, 3.8) is 0 Å². The standard InChI is InChI=1S/C18H12N2/c1-3-7-13-11(5-1)16-12-6-2-4-8-14(12)17(13)18-15(16)9-19-10-20-18/h1-10,16-17H. The van der Waals surface area contributed by atoms with Gasteiger partial charge in [-0.15, -0.1) is 0 Å². The van der Waals surface area contributed by atoms with Crippen molar-refractivity contribution in [2.24, 2.45) is 0 Å². The molecule has 2 bridgehead atoms. The van der Waals surface area contributed by atoms with Gasteiger partial charge in [0.1, 0.15) is 6.33 Å². The van der Waals surface area contributed by atoms with E-state index in [2.05, 4.69) is 58.5 Å². The minimum atomic E-state index is 0.269. The first-order valence-corrected chi connectivity index (χ1v) is 6.92. The summed E-state index contributed by atoms with van der Waals surface area (Å²) in [7, 11) is 0. The Morgan fingerprint density at radius 3 is 1.80 bits per heavy atom. The predicted octanol–water partition coefficient (Wildman–Crippen LogP) is 3.46. The van der Waals surface area contributed by atoms with Crippen molar-refractivity contribution in [1.29, 1.82) is 0 Å². The second-order valence-corrected chi connectivity index (χ2v) is 5.49. The van der Waals surface area contributed by atoms with Gasteiger partial charge in [-0.1, -0.05) is 48.5 Å². The van der Waals surface area contributed by atoms with Crippen molar-refractivity contribution in [1.82, 2.24) is 9.97 Å². The number of nitrogens with zero attached hydrogens (tertiary/aromatic N) is 2. The summed E-state index contributed by atoms with van der Waals surface area (Å²) in [6, 6.07) is 17.5. The second kappa shape index (κ2) is 3.54. The smallest absolute Gasteiger partial charge is 0.115 e. The summed E-state index contributed by atoms with van der Waals surface area (Å²) in [6.07, 6.45) is 3.66. The summed E-state index contributed by atoms with van der Waals surface area (Å²) in [5.41, 5.74) is 8.10. The fourth-order valence-corrected chi connectivity index (χ4v) is 3.85. The highest BCUT2D eigenvalue weighted by molar-refractivity contribution is 5.65. The first kappa shape index (κ1) is 10.3.